The number of aryl methyl sites for hydroxylation is 1. The lowest BCUT2D eigenvalue weighted by molar-refractivity contribution is 0.474. The molecule has 1 saturated carbocycles. The van der Waals surface area contributed by atoms with Crippen LogP contribution in [0.4, 0.5) is 5.69 Å². The van der Waals surface area contributed by atoms with Crippen LogP contribution in [0, 0.1) is 0 Å². The second-order valence-electron chi connectivity index (χ2n) is 6.81. The van der Waals surface area contributed by atoms with Crippen molar-refractivity contribution in [1.82, 2.24) is 19.7 Å². The molecule has 6 heteroatoms. The molecule has 2 heterocycles. The van der Waals surface area contributed by atoms with Crippen molar-refractivity contribution < 1.29 is 0 Å². The molecule has 0 bridgehead atoms. The number of aromatic amines is 1. The Morgan fingerprint density at radius 3 is 2.64 bits per heavy atom. The average Bonchev–Trinajstić information content (AvgIpc) is 3.24. The summed E-state index contributed by atoms with van der Waals surface area (Å²) in [5.74, 6) is 0.670. The molecular weight excluding hydrogens is 314 g/mol. The van der Waals surface area contributed by atoms with Crippen LogP contribution in [0.5, 0.6) is 0 Å². The Kier molecular flexibility index (Phi) is 4.03. The quantitative estimate of drug-likeness (QED) is 0.716. The van der Waals surface area contributed by atoms with Crippen LogP contribution in [-0.4, -0.2) is 19.7 Å². The lowest BCUT2D eigenvalue weighted by Crippen LogP contribution is -2.14. The molecule has 1 aromatic carbocycles. The molecule has 3 N–H and O–H groups in total. The van der Waals surface area contributed by atoms with Crippen molar-refractivity contribution in [3.05, 3.63) is 51.7 Å². The van der Waals surface area contributed by atoms with Gasteiger partial charge in [0.2, 0.25) is 0 Å². The number of nitrogens with one attached hydrogen (secondary N) is 1. The van der Waals surface area contributed by atoms with Crippen LogP contribution in [0.1, 0.15) is 55.7 Å². The van der Waals surface area contributed by atoms with E-state index < -0.39 is 0 Å². The number of nitrogen functional groups attached to an aromatic ring is 1. The zero-order valence-corrected chi connectivity index (χ0v) is 14.5. The third-order valence-corrected chi connectivity index (χ3v) is 5.04. The summed E-state index contributed by atoms with van der Waals surface area (Å²) in [5, 5.41) is 5.38. The largest absolute Gasteiger partial charge is 0.399 e. The number of aromatic nitrogens is 4. The van der Waals surface area contributed by atoms with Gasteiger partial charge in [-0.25, -0.2) is 9.67 Å². The molecule has 3 aromatic rings. The maximum absolute atomic E-state index is 12.7. The predicted octanol–water partition coefficient (Wildman–Crippen LogP) is 2.97. The average molecular weight is 337 g/mol. The van der Waals surface area contributed by atoms with Gasteiger partial charge in [0.15, 0.2) is 5.65 Å². The number of nitrogens with zero attached hydrogens (tertiary/aromatic N) is 3. The van der Waals surface area contributed by atoms with Crippen LogP contribution in [0.2, 0.25) is 0 Å². The highest BCUT2D eigenvalue weighted by atomic mass is 16.1. The van der Waals surface area contributed by atoms with Gasteiger partial charge in [-0.1, -0.05) is 31.9 Å². The van der Waals surface area contributed by atoms with Gasteiger partial charge >= 0.3 is 0 Å². The molecular formula is C19H23N5O. The van der Waals surface area contributed by atoms with E-state index >= 15 is 0 Å². The summed E-state index contributed by atoms with van der Waals surface area (Å²) in [7, 11) is 0. The standard InChI is InChI=1S/C19H23N5O/c1-2-15-17-18(24(23-15)14-5-3-4-6-14)21-16(22-19(17)25)11-12-7-9-13(20)10-8-12/h7-10,14H,2-6,11,20H2,1H3,(H,21,22,25). The van der Waals surface area contributed by atoms with Gasteiger partial charge in [0, 0.05) is 12.1 Å². The molecule has 25 heavy (non-hydrogen) atoms. The van der Waals surface area contributed by atoms with E-state index in [1.165, 1.54) is 12.8 Å². The monoisotopic (exact) mass is 337 g/mol. The Balaban J connectivity index is 1.80. The fourth-order valence-corrected chi connectivity index (χ4v) is 3.72. The van der Waals surface area contributed by atoms with E-state index in [1.807, 2.05) is 35.9 Å². The van der Waals surface area contributed by atoms with Crippen molar-refractivity contribution in [3.8, 4) is 0 Å². The highest BCUT2D eigenvalue weighted by Crippen LogP contribution is 2.31. The van der Waals surface area contributed by atoms with E-state index in [-0.39, 0.29) is 5.56 Å². The van der Waals surface area contributed by atoms with Gasteiger partial charge in [0.1, 0.15) is 11.2 Å². The van der Waals surface area contributed by atoms with E-state index in [0.717, 1.165) is 41.9 Å². The van der Waals surface area contributed by atoms with Gasteiger partial charge < -0.3 is 10.7 Å². The fraction of sp³-hybridized carbons (Fsp3) is 0.421. The van der Waals surface area contributed by atoms with Gasteiger partial charge in [-0.15, -0.1) is 0 Å². The van der Waals surface area contributed by atoms with Gasteiger partial charge in [0.05, 0.1) is 11.7 Å². The minimum atomic E-state index is -0.0865. The van der Waals surface area contributed by atoms with Gasteiger partial charge in [-0.05, 0) is 37.0 Å². The first kappa shape index (κ1) is 15.9. The molecule has 0 saturated heterocycles. The van der Waals surface area contributed by atoms with Crippen molar-refractivity contribution in [2.75, 3.05) is 5.73 Å². The topological polar surface area (TPSA) is 89.6 Å². The van der Waals surface area contributed by atoms with Crippen molar-refractivity contribution in [1.29, 1.82) is 0 Å². The first-order chi connectivity index (χ1) is 12.2. The number of benzene rings is 1. The maximum atomic E-state index is 12.7. The van der Waals surface area contributed by atoms with E-state index in [2.05, 4.69) is 4.98 Å². The molecule has 1 aliphatic rings. The molecule has 4 rings (SSSR count). The van der Waals surface area contributed by atoms with Crippen LogP contribution in [0.3, 0.4) is 0 Å². The summed E-state index contributed by atoms with van der Waals surface area (Å²) in [6, 6.07) is 8.02. The van der Waals surface area contributed by atoms with Crippen molar-refractivity contribution in [2.24, 2.45) is 0 Å². The van der Waals surface area contributed by atoms with Crippen molar-refractivity contribution in [3.63, 3.8) is 0 Å². The van der Waals surface area contributed by atoms with Crippen LogP contribution < -0.4 is 11.3 Å². The van der Waals surface area contributed by atoms with E-state index in [9.17, 15) is 4.79 Å². The second-order valence-corrected chi connectivity index (χ2v) is 6.81. The zero-order chi connectivity index (χ0) is 17.4. The summed E-state index contributed by atoms with van der Waals surface area (Å²) in [6.45, 7) is 2.03. The Labute approximate surface area is 146 Å². The first-order valence-electron chi connectivity index (χ1n) is 9.00. The minimum absolute atomic E-state index is 0.0865. The number of rotatable bonds is 4. The summed E-state index contributed by atoms with van der Waals surface area (Å²) in [5.41, 5.74) is 9.03. The SMILES string of the molecule is CCc1nn(C2CCCC2)c2nc(Cc3ccc(N)cc3)[nH]c(=O)c12. The third-order valence-electron chi connectivity index (χ3n) is 5.04. The lowest BCUT2D eigenvalue weighted by Gasteiger charge is -2.11. The number of H-pyrrole nitrogens is 1. The Morgan fingerprint density at radius 2 is 1.96 bits per heavy atom. The highest BCUT2D eigenvalue weighted by Gasteiger charge is 2.24. The van der Waals surface area contributed by atoms with Crippen LogP contribution >= 0.6 is 0 Å². The molecule has 1 fully saturated rings. The van der Waals surface area contributed by atoms with Crippen molar-refractivity contribution >= 4 is 16.7 Å². The Bertz CT molecular complexity index is 948. The summed E-state index contributed by atoms with van der Waals surface area (Å²) in [4.78, 5) is 20.4. The normalized spacial score (nSPS) is 15.2. The second kappa shape index (κ2) is 6.35. The molecule has 2 aromatic heterocycles. The molecule has 0 aliphatic heterocycles. The van der Waals surface area contributed by atoms with Gasteiger partial charge in [-0.2, -0.15) is 5.10 Å². The Hall–Kier alpha value is -2.63. The molecule has 0 unspecified atom stereocenters. The van der Waals surface area contributed by atoms with E-state index in [1.54, 1.807) is 0 Å². The smallest absolute Gasteiger partial charge is 0.262 e. The summed E-state index contributed by atoms with van der Waals surface area (Å²) >= 11 is 0. The van der Waals surface area contributed by atoms with Crippen LogP contribution in [-0.2, 0) is 12.8 Å². The number of nitrogens with two attached hydrogens (primary N) is 1. The predicted molar refractivity (Wildman–Crippen MR) is 98.7 cm³/mol. The van der Waals surface area contributed by atoms with Crippen LogP contribution in [0.25, 0.3) is 11.0 Å². The molecule has 130 valence electrons. The number of hydrogen-bond acceptors (Lipinski definition) is 4. The highest BCUT2D eigenvalue weighted by molar-refractivity contribution is 5.77. The molecule has 6 nitrogen and oxygen atoms in total. The van der Waals surface area contributed by atoms with Gasteiger partial charge in [-0.3, -0.25) is 4.79 Å². The molecule has 0 atom stereocenters. The number of anilines is 1. The molecule has 0 amide bonds. The fourth-order valence-electron chi connectivity index (χ4n) is 3.72. The summed E-state index contributed by atoms with van der Waals surface area (Å²) in [6.07, 6.45) is 5.97. The number of hydrogen-bond donors (Lipinski definition) is 2. The summed E-state index contributed by atoms with van der Waals surface area (Å²) < 4.78 is 2.00. The molecule has 0 spiro atoms. The number of fused-ring (bicyclic) bond motifs is 1. The first-order valence-corrected chi connectivity index (χ1v) is 9.00. The molecule has 1 aliphatic carbocycles. The maximum Gasteiger partial charge on any atom is 0.262 e. The minimum Gasteiger partial charge on any atom is -0.399 e. The van der Waals surface area contributed by atoms with Crippen LogP contribution in [0.15, 0.2) is 29.1 Å². The van der Waals surface area contributed by atoms with E-state index in [0.29, 0.717) is 23.7 Å². The Morgan fingerprint density at radius 1 is 1.24 bits per heavy atom. The van der Waals surface area contributed by atoms with Gasteiger partial charge in [0.25, 0.3) is 5.56 Å². The molecule has 0 radical (unpaired) electrons. The van der Waals surface area contributed by atoms with Crippen molar-refractivity contribution in [2.45, 2.75) is 51.5 Å². The lowest BCUT2D eigenvalue weighted by atomic mass is 10.1. The van der Waals surface area contributed by atoms with E-state index in [4.69, 9.17) is 15.8 Å². The zero-order valence-electron chi connectivity index (χ0n) is 14.5. The third kappa shape index (κ3) is 2.92.